The summed E-state index contributed by atoms with van der Waals surface area (Å²) in [7, 11) is 0. The van der Waals surface area contributed by atoms with E-state index in [-0.39, 0.29) is 5.69 Å². The zero-order chi connectivity index (χ0) is 14.7. The van der Waals surface area contributed by atoms with Crippen LogP contribution in [-0.4, -0.2) is 45.0 Å². The molecule has 0 aliphatic carbocycles. The summed E-state index contributed by atoms with van der Waals surface area (Å²) >= 11 is 4.95. The van der Waals surface area contributed by atoms with E-state index < -0.39 is 16.9 Å². The first-order valence-corrected chi connectivity index (χ1v) is 7.91. The van der Waals surface area contributed by atoms with E-state index in [0.29, 0.717) is 23.3 Å². The zero-order valence-electron chi connectivity index (χ0n) is 10.5. The minimum atomic E-state index is -0.824. The highest BCUT2D eigenvalue weighted by molar-refractivity contribution is 9.10. The molecule has 1 unspecified atom stereocenters. The number of carboxylic acids is 1. The molecule has 1 heterocycles. The van der Waals surface area contributed by atoms with E-state index in [0.717, 1.165) is 11.3 Å². The van der Waals surface area contributed by atoms with Crippen molar-refractivity contribution in [3.63, 3.8) is 0 Å². The lowest BCUT2D eigenvalue weighted by atomic mass is 10.1. The molecule has 0 saturated carbocycles. The number of benzene rings is 1. The predicted molar refractivity (Wildman–Crippen MR) is 80.0 cm³/mol. The molecule has 1 aliphatic rings. The van der Waals surface area contributed by atoms with Gasteiger partial charge in [-0.05, 0) is 11.6 Å². The van der Waals surface area contributed by atoms with Gasteiger partial charge in [-0.2, -0.15) is 11.8 Å². The second-order valence-electron chi connectivity index (χ2n) is 4.43. The van der Waals surface area contributed by atoms with Crippen molar-refractivity contribution in [2.45, 2.75) is 12.6 Å². The summed E-state index contributed by atoms with van der Waals surface area (Å²) in [5.41, 5.74) is 0.873. The smallest absolute Gasteiger partial charge is 0.321 e. The molecule has 0 amide bonds. The number of non-ortho nitro benzene ring substituents is 1. The number of hydrogen-bond acceptors (Lipinski definition) is 5. The third kappa shape index (κ3) is 3.50. The van der Waals surface area contributed by atoms with Crippen LogP contribution in [0.4, 0.5) is 5.69 Å². The first kappa shape index (κ1) is 15.3. The first-order chi connectivity index (χ1) is 9.49. The first-order valence-electron chi connectivity index (χ1n) is 5.96. The molecule has 1 aromatic carbocycles. The molecule has 20 heavy (non-hydrogen) atoms. The molecule has 2 rings (SSSR count). The van der Waals surface area contributed by atoms with Gasteiger partial charge >= 0.3 is 5.97 Å². The number of carbonyl (C=O) groups is 1. The summed E-state index contributed by atoms with van der Waals surface area (Å²) in [6.45, 7) is 1.17. The number of nitro groups is 1. The summed E-state index contributed by atoms with van der Waals surface area (Å²) in [6.07, 6.45) is 0. The van der Waals surface area contributed by atoms with E-state index in [1.165, 1.54) is 12.1 Å². The van der Waals surface area contributed by atoms with Crippen molar-refractivity contribution in [1.29, 1.82) is 0 Å². The monoisotopic (exact) mass is 360 g/mol. The quantitative estimate of drug-likeness (QED) is 0.655. The topological polar surface area (TPSA) is 83.7 Å². The van der Waals surface area contributed by atoms with Crippen molar-refractivity contribution in [1.82, 2.24) is 4.90 Å². The largest absolute Gasteiger partial charge is 0.480 e. The number of nitrogens with zero attached hydrogens (tertiary/aromatic N) is 2. The highest BCUT2D eigenvalue weighted by Crippen LogP contribution is 2.26. The van der Waals surface area contributed by atoms with Crippen LogP contribution in [0, 0.1) is 10.1 Å². The molecule has 1 atom stereocenters. The van der Waals surface area contributed by atoms with Crippen LogP contribution < -0.4 is 0 Å². The molecular formula is C12H13BrN2O4S. The van der Waals surface area contributed by atoms with Gasteiger partial charge in [0.2, 0.25) is 0 Å². The average Bonchev–Trinajstić information content (AvgIpc) is 2.41. The number of hydrogen-bond donors (Lipinski definition) is 1. The minimum Gasteiger partial charge on any atom is -0.480 e. The van der Waals surface area contributed by atoms with Gasteiger partial charge in [0, 0.05) is 41.2 Å². The number of rotatable bonds is 4. The second kappa shape index (κ2) is 6.55. The molecule has 1 saturated heterocycles. The lowest BCUT2D eigenvalue weighted by molar-refractivity contribution is -0.384. The maximum Gasteiger partial charge on any atom is 0.321 e. The summed E-state index contributed by atoms with van der Waals surface area (Å²) in [5, 5.41) is 19.9. The normalized spacial score (nSPS) is 19.8. The number of thioether (sulfide) groups is 1. The lowest BCUT2D eigenvalue weighted by Crippen LogP contribution is -2.46. The minimum absolute atomic E-state index is 0.0182. The van der Waals surface area contributed by atoms with E-state index >= 15 is 0 Å². The SMILES string of the molecule is O=C(O)C1CSCCN1Cc1ccc([N+](=O)[O-])cc1Br. The van der Waals surface area contributed by atoms with Crippen LogP contribution in [-0.2, 0) is 11.3 Å². The maximum atomic E-state index is 11.2. The van der Waals surface area contributed by atoms with Gasteiger partial charge in [0.1, 0.15) is 6.04 Å². The van der Waals surface area contributed by atoms with Crippen molar-refractivity contribution in [2.75, 3.05) is 18.1 Å². The summed E-state index contributed by atoms with van der Waals surface area (Å²) in [4.78, 5) is 23.4. The van der Waals surface area contributed by atoms with Crippen molar-refractivity contribution in [2.24, 2.45) is 0 Å². The fraction of sp³-hybridized carbons (Fsp3) is 0.417. The molecule has 1 aromatic rings. The van der Waals surface area contributed by atoms with Crippen LogP contribution >= 0.6 is 27.7 Å². The number of aliphatic carboxylic acids is 1. The second-order valence-corrected chi connectivity index (χ2v) is 6.44. The Labute approximate surface area is 128 Å². The Kier molecular flexibility index (Phi) is 5.00. The lowest BCUT2D eigenvalue weighted by Gasteiger charge is -2.32. The molecule has 6 nitrogen and oxygen atoms in total. The van der Waals surface area contributed by atoms with E-state index in [1.54, 1.807) is 17.8 Å². The van der Waals surface area contributed by atoms with Crippen LogP contribution in [0.2, 0.25) is 0 Å². The fourth-order valence-electron chi connectivity index (χ4n) is 2.05. The Bertz CT molecular complexity index is 540. The predicted octanol–water partition coefficient (Wildman–Crippen LogP) is 2.36. The Morgan fingerprint density at radius 2 is 2.35 bits per heavy atom. The van der Waals surface area contributed by atoms with E-state index in [9.17, 15) is 20.0 Å². The van der Waals surface area contributed by atoms with Crippen LogP contribution in [0.15, 0.2) is 22.7 Å². The number of carboxylic acid groups (broad SMARTS) is 1. The molecule has 1 fully saturated rings. The maximum absolute atomic E-state index is 11.2. The molecule has 0 spiro atoms. The third-order valence-corrected chi connectivity index (χ3v) is 4.91. The summed E-state index contributed by atoms with van der Waals surface area (Å²) in [5.74, 6) is 0.643. The molecule has 8 heteroatoms. The van der Waals surface area contributed by atoms with Crippen LogP contribution in [0.25, 0.3) is 0 Å². The van der Waals surface area contributed by atoms with Gasteiger partial charge in [0.05, 0.1) is 4.92 Å². The van der Waals surface area contributed by atoms with E-state index in [4.69, 9.17) is 0 Å². The van der Waals surface area contributed by atoms with Crippen molar-refractivity contribution in [3.05, 3.63) is 38.3 Å². The zero-order valence-corrected chi connectivity index (χ0v) is 12.9. The molecule has 0 aromatic heterocycles. The van der Waals surface area contributed by atoms with Gasteiger partial charge in [-0.1, -0.05) is 15.9 Å². The Morgan fingerprint density at radius 1 is 1.60 bits per heavy atom. The molecular weight excluding hydrogens is 348 g/mol. The Morgan fingerprint density at radius 3 is 2.95 bits per heavy atom. The van der Waals surface area contributed by atoms with Gasteiger partial charge < -0.3 is 5.11 Å². The van der Waals surface area contributed by atoms with Crippen molar-refractivity contribution >= 4 is 39.3 Å². The summed E-state index contributed by atoms with van der Waals surface area (Å²) < 4.78 is 0.633. The number of nitro benzene ring substituents is 1. The highest BCUT2D eigenvalue weighted by atomic mass is 79.9. The van der Waals surface area contributed by atoms with Crippen LogP contribution in [0.3, 0.4) is 0 Å². The van der Waals surface area contributed by atoms with E-state index in [2.05, 4.69) is 15.9 Å². The van der Waals surface area contributed by atoms with Gasteiger partial charge in [0.25, 0.3) is 5.69 Å². The third-order valence-electron chi connectivity index (χ3n) is 3.15. The molecule has 1 N–H and O–H groups in total. The van der Waals surface area contributed by atoms with Gasteiger partial charge in [-0.25, -0.2) is 0 Å². The molecule has 1 aliphatic heterocycles. The highest BCUT2D eigenvalue weighted by Gasteiger charge is 2.29. The molecule has 108 valence electrons. The Hall–Kier alpha value is -1.12. The van der Waals surface area contributed by atoms with E-state index in [1.807, 2.05) is 4.90 Å². The van der Waals surface area contributed by atoms with Crippen LogP contribution in [0.5, 0.6) is 0 Å². The average molecular weight is 361 g/mol. The molecule has 0 radical (unpaired) electrons. The fourth-order valence-corrected chi connectivity index (χ4v) is 3.65. The Balaban J connectivity index is 2.16. The van der Waals surface area contributed by atoms with Gasteiger partial charge in [-0.15, -0.1) is 0 Å². The van der Waals surface area contributed by atoms with Crippen molar-refractivity contribution in [3.8, 4) is 0 Å². The summed E-state index contributed by atoms with van der Waals surface area (Å²) in [6, 6.07) is 4.05. The molecule has 0 bridgehead atoms. The van der Waals surface area contributed by atoms with Crippen LogP contribution in [0.1, 0.15) is 5.56 Å². The standard InChI is InChI=1S/C12H13BrN2O4S/c13-10-5-9(15(18)19)2-1-8(10)6-14-3-4-20-7-11(14)12(16)17/h1-2,5,11H,3-4,6-7H2,(H,16,17). The number of halogens is 1. The van der Waals surface area contributed by atoms with Crippen molar-refractivity contribution < 1.29 is 14.8 Å². The van der Waals surface area contributed by atoms with Gasteiger partial charge in [0.15, 0.2) is 0 Å². The van der Waals surface area contributed by atoms with Gasteiger partial charge in [-0.3, -0.25) is 19.8 Å².